The summed E-state index contributed by atoms with van der Waals surface area (Å²) < 4.78 is 75.3. The number of hydrogen-bond donors (Lipinski definition) is 0. The maximum absolute atomic E-state index is 13.6. The van der Waals surface area contributed by atoms with Gasteiger partial charge in [0, 0.05) is 6.20 Å². The first-order chi connectivity index (χ1) is 9.88. The van der Waals surface area contributed by atoms with Crippen LogP contribution in [0.3, 0.4) is 0 Å². The van der Waals surface area contributed by atoms with Crippen LogP contribution in [0, 0.1) is 0 Å². The minimum atomic E-state index is -4.83. The number of halogens is 5. The summed E-state index contributed by atoms with van der Waals surface area (Å²) in [7, 11) is -0.987. The van der Waals surface area contributed by atoms with Crippen molar-refractivity contribution in [3.05, 3.63) is 12.3 Å². The van der Waals surface area contributed by atoms with Gasteiger partial charge in [-0.15, -0.1) is 0 Å². The summed E-state index contributed by atoms with van der Waals surface area (Å²) >= 11 is 0. The van der Waals surface area contributed by atoms with E-state index in [-0.39, 0.29) is 10.3 Å². The maximum Gasteiger partial charge on any atom is 0.516 e. The van der Waals surface area contributed by atoms with Crippen molar-refractivity contribution >= 4 is 12.7 Å². The van der Waals surface area contributed by atoms with Crippen LogP contribution in [0.5, 0.6) is 0 Å². The Bertz CT molecular complexity index is 533. The van der Waals surface area contributed by atoms with Gasteiger partial charge < -0.3 is 9.31 Å². The molecule has 0 N–H and O–H groups in total. The van der Waals surface area contributed by atoms with Crippen LogP contribution in [-0.2, 0) is 9.31 Å². The molecule has 0 bridgehead atoms. The molecule has 1 fully saturated rings. The number of hydrogen-bond acceptors (Lipinski definition) is 3. The quantitative estimate of drug-likeness (QED) is 0.630. The topological polar surface area (TPSA) is 36.3 Å². The Morgan fingerprint density at radius 3 is 2.09 bits per heavy atom. The Kier molecular flexibility index (Phi) is 4.06. The largest absolute Gasteiger partial charge is 0.516 e. The van der Waals surface area contributed by atoms with Crippen LogP contribution in [0.2, 0.25) is 0 Å². The van der Waals surface area contributed by atoms with E-state index in [0.29, 0.717) is 0 Å². The highest BCUT2D eigenvalue weighted by molar-refractivity contribution is 6.61. The van der Waals surface area contributed by atoms with E-state index in [0.717, 1.165) is 6.20 Å². The van der Waals surface area contributed by atoms with Crippen LogP contribution >= 0.6 is 0 Å². The lowest BCUT2D eigenvalue weighted by Crippen LogP contribution is -2.41. The Morgan fingerprint density at radius 1 is 1.14 bits per heavy atom. The van der Waals surface area contributed by atoms with Crippen molar-refractivity contribution in [3.8, 4) is 0 Å². The van der Waals surface area contributed by atoms with Crippen molar-refractivity contribution in [2.45, 2.75) is 57.5 Å². The van der Waals surface area contributed by atoms with Crippen LogP contribution in [0.15, 0.2) is 12.3 Å². The molecule has 1 unspecified atom stereocenters. The third-order valence-electron chi connectivity index (χ3n) is 3.96. The van der Waals surface area contributed by atoms with Crippen LogP contribution < -0.4 is 5.59 Å². The van der Waals surface area contributed by atoms with Crippen molar-refractivity contribution in [3.63, 3.8) is 0 Å². The monoisotopic (exact) mass is 326 g/mol. The van der Waals surface area contributed by atoms with Gasteiger partial charge in [0.05, 0.1) is 16.8 Å². The van der Waals surface area contributed by atoms with Crippen LogP contribution in [0.1, 0.15) is 34.0 Å². The zero-order valence-corrected chi connectivity index (χ0v) is 12.5. The predicted molar refractivity (Wildman–Crippen MR) is 69.0 cm³/mol. The van der Waals surface area contributed by atoms with Crippen molar-refractivity contribution in [2.75, 3.05) is 0 Å². The first kappa shape index (κ1) is 17.2. The van der Waals surface area contributed by atoms with Crippen LogP contribution in [0.25, 0.3) is 0 Å². The zero-order chi connectivity index (χ0) is 16.9. The number of aromatic nitrogens is 2. The van der Waals surface area contributed by atoms with Gasteiger partial charge in [0.2, 0.25) is 0 Å². The van der Waals surface area contributed by atoms with E-state index in [2.05, 4.69) is 5.10 Å². The molecule has 1 saturated heterocycles. The molecule has 1 aromatic heterocycles. The molecule has 1 atom stereocenters. The molecule has 22 heavy (non-hydrogen) atoms. The summed E-state index contributed by atoms with van der Waals surface area (Å²) in [4.78, 5) is 0. The maximum atomic E-state index is 13.6. The summed E-state index contributed by atoms with van der Waals surface area (Å²) in [5.41, 5.74) is -1.35. The molecule has 2 heterocycles. The summed E-state index contributed by atoms with van der Waals surface area (Å²) in [6.07, 6.45) is -6.56. The van der Waals surface area contributed by atoms with Gasteiger partial charge in [-0.25, -0.2) is 17.9 Å². The van der Waals surface area contributed by atoms with Gasteiger partial charge in [0.15, 0.2) is 0 Å². The first-order valence-corrected chi connectivity index (χ1v) is 6.59. The molecular weight excluding hydrogens is 310 g/mol. The van der Waals surface area contributed by atoms with E-state index in [1.165, 1.54) is 6.07 Å². The van der Waals surface area contributed by atoms with Gasteiger partial charge in [-0.3, -0.25) is 0 Å². The summed E-state index contributed by atoms with van der Waals surface area (Å²) in [5, 5.41) is 3.55. The van der Waals surface area contributed by atoms with E-state index in [1.54, 1.807) is 27.7 Å². The van der Waals surface area contributed by atoms with Gasteiger partial charge in [-0.2, -0.15) is 13.9 Å². The lowest BCUT2D eigenvalue weighted by atomic mass is 9.85. The van der Waals surface area contributed by atoms with E-state index in [9.17, 15) is 22.0 Å². The highest BCUT2D eigenvalue weighted by Gasteiger charge is 2.54. The van der Waals surface area contributed by atoms with Crippen LogP contribution in [-0.4, -0.2) is 40.4 Å². The highest BCUT2D eigenvalue weighted by Crippen LogP contribution is 2.37. The molecule has 0 spiro atoms. The second kappa shape index (κ2) is 5.19. The molecule has 1 aliphatic heterocycles. The molecule has 1 aliphatic rings. The molecule has 0 saturated carbocycles. The van der Waals surface area contributed by atoms with Crippen molar-refractivity contribution < 1.29 is 31.3 Å². The van der Waals surface area contributed by atoms with Crippen molar-refractivity contribution in [1.29, 1.82) is 0 Å². The fourth-order valence-corrected chi connectivity index (χ4v) is 1.85. The SMILES string of the molecule is CC1(C)OB(c2ccn(C(F)C(F)(F)C(F)F)n2)OC1(C)C. The van der Waals surface area contributed by atoms with Crippen molar-refractivity contribution in [1.82, 2.24) is 9.78 Å². The van der Waals surface area contributed by atoms with Crippen molar-refractivity contribution in [2.24, 2.45) is 0 Å². The third-order valence-corrected chi connectivity index (χ3v) is 3.96. The number of alkyl halides is 5. The standard InChI is InChI=1S/C12H16BF5N2O2/c1-10(2)11(3,4)22-13(21-10)7-5-6-20(19-7)9(16)12(17,18)8(14)15/h5-6,8-9H,1-4H3. The van der Waals surface area contributed by atoms with Gasteiger partial charge >= 0.3 is 19.5 Å². The Balaban J connectivity index is 2.20. The lowest BCUT2D eigenvalue weighted by molar-refractivity contribution is -0.194. The van der Waals surface area contributed by atoms with Gasteiger partial charge in [-0.1, -0.05) is 0 Å². The molecular formula is C12H16BF5N2O2. The third kappa shape index (κ3) is 2.73. The average molecular weight is 326 g/mol. The normalized spacial score (nSPS) is 22.4. The zero-order valence-electron chi connectivity index (χ0n) is 12.5. The molecule has 124 valence electrons. The number of nitrogens with zero attached hydrogens (tertiary/aromatic N) is 2. The van der Waals surface area contributed by atoms with E-state index in [1.807, 2.05) is 0 Å². The molecule has 0 radical (unpaired) electrons. The van der Waals surface area contributed by atoms with Crippen LogP contribution in [0.4, 0.5) is 22.0 Å². The minimum absolute atomic E-state index is 0.0337. The average Bonchev–Trinajstić information content (AvgIpc) is 2.92. The van der Waals surface area contributed by atoms with E-state index >= 15 is 0 Å². The van der Waals surface area contributed by atoms with Gasteiger partial charge in [0.1, 0.15) is 0 Å². The smallest absolute Gasteiger partial charge is 0.398 e. The fourth-order valence-electron chi connectivity index (χ4n) is 1.85. The number of rotatable bonds is 4. The molecule has 4 nitrogen and oxygen atoms in total. The van der Waals surface area contributed by atoms with E-state index in [4.69, 9.17) is 9.31 Å². The molecule has 0 amide bonds. The minimum Gasteiger partial charge on any atom is -0.398 e. The molecule has 10 heteroatoms. The molecule has 2 rings (SSSR count). The highest BCUT2D eigenvalue weighted by atomic mass is 19.3. The molecule has 0 aromatic carbocycles. The fraction of sp³-hybridized carbons (Fsp3) is 0.750. The lowest BCUT2D eigenvalue weighted by Gasteiger charge is -2.32. The Hall–Kier alpha value is -1.16. The molecule has 0 aliphatic carbocycles. The van der Waals surface area contributed by atoms with Gasteiger partial charge in [-0.05, 0) is 33.8 Å². The summed E-state index contributed by atoms with van der Waals surface area (Å²) in [6.45, 7) is 7.08. The van der Waals surface area contributed by atoms with E-state index < -0.39 is 37.0 Å². The second-order valence-corrected chi connectivity index (χ2v) is 6.12. The predicted octanol–water partition coefficient (Wildman–Crippen LogP) is 2.55. The Labute approximate surface area is 124 Å². The summed E-state index contributed by atoms with van der Waals surface area (Å²) in [5.74, 6) is -4.83. The molecule has 1 aromatic rings. The Morgan fingerprint density at radius 2 is 1.64 bits per heavy atom. The second-order valence-electron chi connectivity index (χ2n) is 6.12. The van der Waals surface area contributed by atoms with Gasteiger partial charge in [0.25, 0.3) is 6.30 Å². The first-order valence-electron chi connectivity index (χ1n) is 6.59. The summed E-state index contributed by atoms with van der Waals surface area (Å²) in [6, 6.07) is 1.19.